The average molecular weight is 375 g/mol. The van der Waals surface area contributed by atoms with Crippen molar-refractivity contribution in [1.82, 2.24) is 10.2 Å². The molecule has 0 saturated heterocycles. The number of sulfone groups is 1. The van der Waals surface area contributed by atoms with Gasteiger partial charge in [-0.2, -0.15) is 0 Å². The fourth-order valence-electron chi connectivity index (χ4n) is 2.62. The molecule has 0 aromatic heterocycles. The Labute approximate surface area is 156 Å². The lowest BCUT2D eigenvalue weighted by atomic mass is 10.1. The zero-order valence-corrected chi connectivity index (χ0v) is 16.3. The van der Waals surface area contributed by atoms with Crippen LogP contribution >= 0.6 is 0 Å². The third kappa shape index (κ3) is 5.16. The zero-order valence-electron chi connectivity index (χ0n) is 15.5. The van der Waals surface area contributed by atoms with Crippen molar-refractivity contribution in [2.45, 2.75) is 31.8 Å². The molecule has 2 rings (SSSR count). The number of carbonyl (C=O) groups is 1. The van der Waals surface area contributed by atoms with Crippen LogP contribution < -0.4 is 5.32 Å². The van der Waals surface area contributed by atoms with Crippen LogP contribution in [0.5, 0.6) is 0 Å². The standard InChI is InChI=1S/C20H26N2O3S/c1-4-22(3)15-17-10-8-9-16(13-17)14-21-20(23)18-11-6-7-12-19(18)26(24,25)5-2/h6-13H,4-5,14-15H2,1-3H3,(H,21,23). The summed E-state index contributed by atoms with van der Waals surface area (Å²) in [4.78, 5) is 14.8. The smallest absolute Gasteiger partial charge is 0.252 e. The Bertz CT molecular complexity index is 863. The Morgan fingerprint density at radius 1 is 1.04 bits per heavy atom. The van der Waals surface area contributed by atoms with Gasteiger partial charge >= 0.3 is 0 Å². The van der Waals surface area contributed by atoms with Crippen molar-refractivity contribution >= 4 is 15.7 Å². The summed E-state index contributed by atoms with van der Waals surface area (Å²) in [5.41, 5.74) is 2.35. The van der Waals surface area contributed by atoms with E-state index in [2.05, 4.69) is 36.3 Å². The van der Waals surface area contributed by atoms with E-state index in [1.54, 1.807) is 25.1 Å². The summed E-state index contributed by atoms with van der Waals surface area (Å²) < 4.78 is 24.4. The number of benzene rings is 2. The minimum absolute atomic E-state index is 0.0374. The highest BCUT2D eigenvalue weighted by atomic mass is 32.2. The molecule has 0 atom stereocenters. The monoisotopic (exact) mass is 374 g/mol. The van der Waals surface area contributed by atoms with Crippen molar-refractivity contribution in [3.8, 4) is 0 Å². The first-order valence-corrected chi connectivity index (χ1v) is 10.4. The Morgan fingerprint density at radius 3 is 2.42 bits per heavy atom. The fourth-order valence-corrected chi connectivity index (χ4v) is 3.71. The number of carbonyl (C=O) groups excluding carboxylic acids is 1. The molecule has 0 spiro atoms. The van der Waals surface area contributed by atoms with E-state index in [-0.39, 0.29) is 22.1 Å². The summed E-state index contributed by atoms with van der Waals surface area (Å²) in [5, 5.41) is 2.83. The molecule has 26 heavy (non-hydrogen) atoms. The molecule has 5 nitrogen and oxygen atoms in total. The highest BCUT2D eigenvalue weighted by Gasteiger charge is 2.20. The van der Waals surface area contributed by atoms with E-state index in [9.17, 15) is 13.2 Å². The van der Waals surface area contributed by atoms with E-state index in [0.717, 1.165) is 18.7 Å². The van der Waals surface area contributed by atoms with Crippen LogP contribution in [0.2, 0.25) is 0 Å². The first-order valence-electron chi connectivity index (χ1n) is 8.73. The van der Waals surface area contributed by atoms with Crippen molar-refractivity contribution < 1.29 is 13.2 Å². The molecular formula is C20H26N2O3S. The van der Waals surface area contributed by atoms with Crippen LogP contribution in [0, 0.1) is 0 Å². The van der Waals surface area contributed by atoms with Crippen LogP contribution in [-0.2, 0) is 22.9 Å². The third-order valence-electron chi connectivity index (χ3n) is 4.28. The molecule has 2 aromatic carbocycles. The van der Waals surface area contributed by atoms with E-state index in [1.807, 2.05) is 12.1 Å². The summed E-state index contributed by atoms with van der Waals surface area (Å²) in [6, 6.07) is 14.4. The Balaban J connectivity index is 2.12. The van der Waals surface area contributed by atoms with E-state index in [1.165, 1.54) is 11.6 Å². The molecule has 0 unspecified atom stereocenters. The van der Waals surface area contributed by atoms with E-state index in [4.69, 9.17) is 0 Å². The Kier molecular flexibility index (Phi) is 6.94. The van der Waals surface area contributed by atoms with Gasteiger partial charge in [-0.1, -0.05) is 50.2 Å². The van der Waals surface area contributed by atoms with Gasteiger partial charge in [-0.25, -0.2) is 8.42 Å². The maximum absolute atomic E-state index is 12.5. The highest BCUT2D eigenvalue weighted by molar-refractivity contribution is 7.91. The highest BCUT2D eigenvalue weighted by Crippen LogP contribution is 2.17. The van der Waals surface area contributed by atoms with Gasteiger partial charge in [0.2, 0.25) is 0 Å². The molecule has 140 valence electrons. The molecule has 0 radical (unpaired) electrons. The van der Waals surface area contributed by atoms with Gasteiger partial charge in [0.1, 0.15) is 0 Å². The molecule has 0 bridgehead atoms. The minimum Gasteiger partial charge on any atom is -0.348 e. The topological polar surface area (TPSA) is 66.5 Å². The number of nitrogens with one attached hydrogen (secondary N) is 1. The molecule has 1 N–H and O–H groups in total. The SMILES string of the molecule is CCN(C)Cc1cccc(CNC(=O)c2ccccc2S(=O)(=O)CC)c1. The molecule has 1 amide bonds. The van der Waals surface area contributed by atoms with Gasteiger partial charge in [0, 0.05) is 13.1 Å². The zero-order chi connectivity index (χ0) is 19.2. The predicted octanol–water partition coefficient (Wildman–Crippen LogP) is 2.86. The summed E-state index contributed by atoms with van der Waals surface area (Å²) in [7, 11) is -1.39. The first-order chi connectivity index (χ1) is 12.4. The predicted molar refractivity (Wildman–Crippen MR) is 104 cm³/mol. The number of hydrogen-bond donors (Lipinski definition) is 1. The van der Waals surface area contributed by atoms with Crippen LogP contribution in [0.1, 0.15) is 35.3 Å². The number of amides is 1. The molecule has 0 fully saturated rings. The van der Waals surface area contributed by atoms with Crippen molar-refractivity contribution in [2.75, 3.05) is 19.3 Å². The molecule has 0 aliphatic rings. The van der Waals surface area contributed by atoms with Crippen molar-refractivity contribution in [2.24, 2.45) is 0 Å². The van der Waals surface area contributed by atoms with Gasteiger partial charge < -0.3 is 10.2 Å². The maximum Gasteiger partial charge on any atom is 0.252 e. The molecule has 2 aromatic rings. The van der Waals surface area contributed by atoms with E-state index in [0.29, 0.717) is 6.54 Å². The summed E-state index contributed by atoms with van der Waals surface area (Å²) in [6.45, 7) is 5.83. The number of hydrogen-bond acceptors (Lipinski definition) is 4. The lowest BCUT2D eigenvalue weighted by Gasteiger charge is -2.15. The van der Waals surface area contributed by atoms with Crippen molar-refractivity contribution in [1.29, 1.82) is 0 Å². The molecule has 6 heteroatoms. The second kappa shape index (κ2) is 8.96. The van der Waals surface area contributed by atoms with Gasteiger partial charge in [-0.15, -0.1) is 0 Å². The van der Waals surface area contributed by atoms with E-state index >= 15 is 0 Å². The summed E-state index contributed by atoms with van der Waals surface area (Å²) >= 11 is 0. The summed E-state index contributed by atoms with van der Waals surface area (Å²) in [5.74, 6) is -0.418. The van der Waals surface area contributed by atoms with Crippen molar-refractivity contribution in [3.63, 3.8) is 0 Å². The Hall–Kier alpha value is -2.18. The number of rotatable bonds is 8. The molecule has 0 saturated carbocycles. The Morgan fingerprint density at radius 2 is 1.73 bits per heavy atom. The quantitative estimate of drug-likeness (QED) is 0.772. The normalized spacial score (nSPS) is 11.5. The molecule has 0 aliphatic heterocycles. The average Bonchev–Trinajstić information content (AvgIpc) is 2.66. The molecular weight excluding hydrogens is 348 g/mol. The van der Waals surface area contributed by atoms with Gasteiger partial charge in [0.15, 0.2) is 9.84 Å². The lowest BCUT2D eigenvalue weighted by molar-refractivity contribution is 0.0947. The second-order valence-electron chi connectivity index (χ2n) is 6.23. The molecule has 0 aliphatic carbocycles. The van der Waals surface area contributed by atoms with Gasteiger partial charge in [-0.3, -0.25) is 4.79 Å². The van der Waals surface area contributed by atoms with Crippen LogP contribution in [0.15, 0.2) is 53.4 Å². The van der Waals surface area contributed by atoms with Crippen LogP contribution in [0.25, 0.3) is 0 Å². The van der Waals surface area contributed by atoms with E-state index < -0.39 is 9.84 Å². The lowest BCUT2D eigenvalue weighted by Crippen LogP contribution is -2.25. The number of nitrogens with zero attached hydrogens (tertiary/aromatic N) is 1. The van der Waals surface area contributed by atoms with Crippen LogP contribution in [0.3, 0.4) is 0 Å². The van der Waals surface area contributed by atoms with Gasteiger partial charge in [0.05, 0.1) is 16.2 Å². The molecule has 0 heterocycles. The van der Waals surface area contributed by atoms with Gasteiger partial charge in [-0.05, 0) is 36.9 Å². The van der Waals surface area contributed by atoms with Crippen LogP contribution in [0.4, 0.5) is 0 Å². The van der Waals surface area contributed by atoms with Crippen LogP contribution in [-0.4, -0.2) is 38.6 Å². The van der Waals surface area contributed by atoms with Gasteiger partial charge in [0.25, 0.3) is 5.91 Å². The fraction of sp³-hybridized carbons (Fsp3) is 0.350. The minimum atomic E-state index is -3.45. The third-order valence-corrected chi connectivity index (χ3v) is 6.07. The first kappa shape index (κ1) is 20.1. The summed E-state index contributed by atoms with van der Waals surface area (Å²) in [6.07, 6.45) is 0. The second-order valence-corrected chi connectivity index (χ2v) is 8.48. The largest absolute Gasteiger partial charge is 0.348 e. The van der Waals surface area contributed by atoms with Crippen molar-refractivity contribution in [3.05, 3.63) is 65.2 Å². The maximum atomic E-state index is 12.5.